The topological polar surface area (TPSA) is 43.4 Å². The number of ether oxygens (including phenoxy) is 1. The van der Waals surface area contributed by atoms with Crippen molar-refractivity contribution in [3.8, 4) is 0 Å². The Morgan fingerprint density at radius 2 is 1.77 bits per heavy atom. The molecule has 74 valence electrons. The summed E-state index contributed by atoms with van der Waals surface area (Å²) in [7, 11) is 0. The van der Waals surface area contributed by atoms with Gasteiger partial charge in [-0.25, -0.2) is 0 Å². The van der Waals surface area contributed by atoms with Gasteiger partial charge < -0.3 is 4.74 Å². The first-order valence-corrected chi connectivity index (χ1v) is 4.58. The van der Waals surface area contributed by atoms with E-state index in [1.807, 2.05) is 27.7 Å². The van der Waals surface area contributed by atoms with Crippen LogP contribution in [0.5, 0.6) is 0 Å². The molecule has 1 aliphatic heterocycles. The van der Waals surface area contributed by atoms with Crippen LogP contribution >= 0.6 is 0 Å². The highest BCUT2D eigenvalue weighted by molar-refractivity contribution is 5.94. The van der Waals surface area contributed by atoms with Gasteiger partial charge in [0.25, 0.3) is 0 Å². The van der Waals surface area contributed by atoms with Crippen LogP contribution < -0.4 is 0 Å². The van der Waals surface area contributed by atoms with Gasteiger partial charge in [0, 0.05) is 0 Å². The second kappa shape index (κ2) is 2.82. The predicted octanol–water partition coefficient (Wildman–Crippen LogP) is 1.90. The standard InChI is InChI=1S/C10H16O3/c1-5-10(4)6-9(2,3)7(11)13-8(10)12/h5-6H2,1-4H3. The first-order chi connectivity index (χ1) is 5.82. The van der Waals surface area contributed by atoms with E-state index in [4.69, 9.17) is 4.74 Å². The maximum atomic E-state index is 11.4. The Bertz CT molecular complexity index is 255. The molecule has 0 aromatic carbocycles. The van der Waals surface area contributed by atoms with Gasteiger partial charge in [0.15, 0.2) is 0 Å². The molecule has 1 fully saturated rings. The maximum Gasteiger partial charge on any atom is 0.319 e. The Hall–Kier alpha value is -0.860. The summed E-state index contributed by atoms with van der Waals surface area (Å²) in [6.45, 7) is 7.42. The average molecular weight is 184 g/mol. The van der Waals surface area contributed by atoms with E-state index < -0.39 is 16.8 Å². The van der Waals surface area contributed by atoms with Crippen molar-refractivity contribution in [1.82, 2.24) is 0 Å². The normalized spacial score (nSPS) is 32.9. The van der Waals surface area contributed by atoms with Crippen LogP contribution in [0.25, 0.3) is 0 Å². The van der Waals surface area contributed by atoms with Gasteiger partial charge >= 0.3 is 11.9 Å². The summed E-state index contributed by atoms with van der Waals surface area (Å²) in [6, 6.07) is 0. The van der Waals surface area contributed by atoms with Gasteiger partial charge in [-0.3, -0.25) is 9.59 Å². The third kappa shape index (κ3) is 1.60. The number of hydrogen-bond donors (Lipinski definition) is 0. The summed E-state index contributed by atoms with van der Waals surface area (Å²) in [4.78, 5) is 22.7. The number of esters is 2. The number of cyclic esters (lactones) is 2. The molecule has 1 unspecified atom stereocenters. The summed E-state index contributed by atoms with van der Waals surface area (Å²) in [5.74, 6) is -0.775. The van der Waals surface area contributed by atoms with Gasteiger partial charge in [-0.2, -0.15) is 0 Å². The molecular weight excluding hydrogens is 168 g/mol. The fourth-order valence-electron chi connectivity index (χ4n) is 1.73. The highest BCUT2D eigenvalue weighted by Crippen LogP contribution is 2.42. The number of hydrogen-bond acceptors (Lipinski definition) is 3. The molecule has 3 heteroatoms. The maximum absolute atomic E-state index is 11.4. The third-order valence-corrected chi connectivity index (χ3v) is 2.84. The molecule has 0 spiro atoms. The monoisotopic (exact) mass is 184 g/mol. The molecule has 3 nitrogen and oxygen atoms in total. The van der Waals surface area contributed by atoms with Crippen molar-refractivity contribution in [2.24, 2.45) is 10.8 Å². The molecular formula is C10H16O3. The van der Waals surface area contributed by atoms with Crippen molar-refractivity contribution >= 4 is 11.9 Å². The summed E-state index contributed by atoms with van der Waals surface area (Å²) in [5.41, 5.74) is -1.02. The second-order valence-electron chi connectivity index (χ2n) is 4.65. The minimum absolute atomic E-state index is 0.376. The van der Waals surface area contributed by atoms with Crippen LogP contribution in [0.2, 0.25) is 0 Å². The van der Waals surface area contributed by atoms with E-state index in [1.54, 1.807) is 0 Å². The van der Waals surface area contributed by atoms with E-state index in [0.717, 1.165) is 0 Å². The highest BCUT2D eigenvalue weighted by Gasteiger charge is 2.48. The zero-order chi connectivity index (χ0) is 10.3. The van der Waals surface area contributed by atoms with E-state index in [2.05, 4.69) is 0 Å². The molecule has 1 atom stereocenters. The zero-order valence-corrected chi connectivity index (χ0v) is 8.64. The lowest BCUT2D eigenvalue weighted by atomic mass is 9.70. The van der Waals surface area contributed by atoms with Gasteiger partial charge in [-0.15, -0.1) is 0 Å². The van der Waals surface area contributed by atoms with E-state index in [0.29, 0.717) is 12.8 Å². The highest BCUT2D eigenvalue weighted by atomic mass is 16.6. The minimum atomic E-state index is -0.529. The van der Waals surface area contributed by atoms with Crippen molar-refractivity contribution in [2.75, 3.05) is 0 Å². The molecule has 0 aromatic heterocycles. The first kappa shape index (κ1) is 10.2. The van der Waals surface area contributed by atoms with E-state index in [9.17, 15) is 9.59 Å². The van der Waals surface area contributed by atoms with Crippen LogP contribution in [-0.4, -0.2) is 11.9 Å². The molecule has 0 aliphatic carbocycles. The Morgan fingerprint density at radius 1 is 1.23 bits per heavy atom. The van der Waals surface area contributed by atoms with E-state index >= 15 is 0 Å². The van der Waals surface area contributed by atoms with Crippen molar-refractivity contribution in [3.05, 3.63) is 0 Å². The first-order valence-electron chi connectivity index (χ1n) is 4.58. The van der Waals surface area contributed by atoms with Crippen molar-refractivity contribution in [1.29, 1.82) is 0 Å². The summed E-state index contributed by atoms with van der Waals surface area (Å²) in [5, 5.41) is 0. The van der Waals surface area contributed by atoms with Gasteiger partial charge in [0.2, 0.25) is 0 Å². The lowest BCUT2D eigenvalue weighted by Crippen LogP contribution is -2.46. The Balaban J connectivity index is 2.95. The molecule has 0 bridgehead atoms. The van der Waals surface area contributed by atoms with Crippen molar-refractivity contribution < 1.29 is 14.3 Å². The molecule has 0 N–H and O–H groups in total. The van der Waals surface area contributed by atoms with Crippen LogP contribution in [-0.2, 0) is 14.3 Å². The molecule has 0 radical (unpaired) electrons. The number of carbonyl (C=O) groups is 2. The minimum Gasteiger partial charge on any atom is -0.392 e. The average Bonchev–Trinajstić information content (AvgIpc) is 2.01. The van der Waals surface area contributed by atoms with Crippen LogP contribution in [0.1, 0.15) is 40.5 Å². The molecule has 1 rings (SSSR count). The molecule has 0 aromatic rings. The quantitative estimate of drug-likeness (QED) is 0.461. The number of rotatable bonds is 1. The van der Waals surface area contributed by atoms with Gasteiger partial charge in [-0.1, -0.05) is 6.92 Å². The molecule has 0 saturated carbocycles. The molecule has 0 amide bonds. The summed E-state index contributed by atoms with van der Waals surface area (Å²) in [6.07, 6.45) is 1.29. The lowest BCUT2D eigenvalue weighted by molar-refractivity contribution is -0.184. The van der Waals surface area contributed by atoms with E-state index in [-0.39, 0.29) is 5.97 Å². The Kier molecular flexibility index (Phi) is 2.22. The Labute approximate surface area is 78.5 Å². The lowest BCUT2D eigenvalue weighted by Gasteiger charge is -2.38. The summed E-state index contributed by atoms with van der Waals surface area (Å²) < 4.78 is 4.73. The fraction of sp³-hybridized carbons (Fsp3) is 0.800. The van der Waals surface area contributed by atoms with Crippen molar-refractivity contribution in [2.45, 2.75) is 40.5 Å². The zero-order valence-electron chi connectivity index (χ0n) is 8.64. The fourth-order valence-corrected chi connectivity index (χ4v) is 1.73. The second-order valence-corrected chi connectivity index (χ2v) is 4.65. The molecule has 1 aliphatic rings. The van der Waals surface area contributed by atoms with Crippen LogP contribution in [0.4, 0.5) is 0 Å². The Morgan fingerprint density at radius 3 is 2.23 bits per heavy atom. The molecule has 1 saturated heterocycles. The van der Waals surface area contributed by atoms with Gasteiger partial charge in [0.1, 0.15) is 0 Å². The van der Waals surface area contributed by atoms with Crippen LogP contribution in [0.15, 0.2) is 0 Å². The van der Waals surface area contributed by atoms with Gasteiger partial charge in [-0.05, 0) is 33.6 Å². The summed E-state index contributed by atoms with van der Waals surface area (Å²) >= 11 is 0. The van der Waals surface area contributed by atoms with E-state index in [1.165, 1.54) is 0 Å². The van der Waals surface area contributed by atoms with Crippen molar-refractivity contribution in [3.63, 3.8) is 0 Å². The van der Waals surface area contributed by atoms with Crippen LogP contribution in [0.3, 0.4) is 0 Å². The van der Waals surface area contributed by atoms with Gasteiger partial charge in [0.05, 0.1) is 10.8 Å². The SMILES string of the molecule is CCC1(C)CC(C)(C)C(=O)OC1=O. The number of carbonyl (C=O) groups excluding carboxylic acids is 2. The molecule has 13 heavy (non-hydrogen) atoms. The third-order valence-electron chi connectivity index (χ3n) is 2.84. The van der Waals surface area contributed by atoms with Crippen LogP contribution in [0, 0.1) is 10.8 Å². The smallest absolute Gasteiger partial charge is 0.319 e. The largest absolute Gasteiger partial charge is 0.392 e. The predicted molar refractivity (Wildman–Crippen MR) is 47.9 cm³/mol. The molecule has 1 heterocycles.